The molecule has 0 saturated carbocycles. The molecule has 3 heteroatoms. The average molecular weight is 140 g/mol. The molecule has 0 atom stereocenters. The van der Waals surface area contributed by atoms with Gasteiger partial charge in [0.15, 0.2) is 0 Å². The van der Waals surface area contributed by atoms with E-state index in [1.807, 2.05) is 13.8 Å². The van der Waals surface area contributed by atoms with Crippen LogP contribution < -0.4 is 29.6 Å². The minimum Gasteiger partial charge on any atom is -1.00 e. The van der Waals surface area contributed by atoms with Crippen molar-refractivity contribution in [2.24, 2.45) is 0 Å². The zero-order valence-corrected chi connectivity index (χ0v) is 8.44. The minimum atomic E-state index is -0.0880. The summed E-state index contributed by atoms with van der Waals surface area (Å²) in [6.45, 7) is 4.27. The Labute approximate surface area is 79.7 Å². The molecule has 0 N–H and O–H groups in total. The van der Waals surface area contributed by atoms with Crippen molar-refractivity contribution in [3.8, 4) is 0 Å². The van der Waals surface area contributed by atoms with Gasteiger partial charge < -0.3 is 6.16 Å². The molecule has 0 heterocycles. The maximum Gasteiger partial charge on any atom is 1.00 e. The van der Waals surface area contributed by atoms with Gasteiger partial charge in [0.1, 0.15) is 0 Å². The molecule has 0 aliphatic carbocycles. The fourth-order valence-corrected chi connectivity index (χ4v) is 0.437. The monoisotopic (exact) mass is 140 g/mol. The number of carbonyl (C=O) groups is 1. The summed E-state index contributed by atoms with van der Waals surface area (Å²) in [5, 5.41) is 0. The van der Waals surface area contributed by atoms with E-state index in [1.54, 1.807) is 0 Å². The summed E-state index contributed by atoms with van der Waals surface area (Å²) in [5.74, 6) is -0.0880. The number of hydrogen-bond acceptors (Lipinski definition) is 2. The van der Waals surface area contributed by atoms with Crippen molar-refractivity contribution in [3.63, 3.8) is 0 Å². The Morgan fingerprint density at radius 1 is 1.56 bits per heavy atom. The zero-order valence-electron chi connectivity index (χ0n) is 7.44. The van der Waals surface area contributed by atoms with E-state index in [0.717, 1.165) is 6.42 Å². The third-order valence-corrected chi connectivity index (χ3v) is 0.759. The average Bonchev–Trinajstić information content (AvgIpc) is 1.68. The van der Waals surface area contributed by atoms with Crippen LogP contribution in [0.2, 0.25) is 0 Å². The summed E-state index contributed by atoms with van der Waals surface area (Å²) < 4.78 is 4.64. The third kappa shape index (κ3) is 8.47. The Morgan fingerprint density at radius 2 is 2.11 bits per heavy atom. The van der Waals surface area contributed by atoms with Gasteiger partial charge in [-0.15, -0.1) is 0 Å². The van der Waals surface area contributed by atoms with Gasteiger partial charge in [-0.2, -0.15) is 0 Å². The van der Waals surface area contributed by atoms with Crippen molar-refractivity contribution in [2.75, 3.05) is 6.61 Å². The molecule has 0 bridgehead atoms. The SMILES string of the molecule is CCCC(=O)OCC.[H-].[Na+]. The van der Waals surface area contributed by atoms with E-state index in [0.29, 0.717) is 13.0 Å². The Balaban J connectivity index is -0.000000245. The van der Waals surface area contributed by atoms with Crippen LogP contribution in [0.4, 0.5) is 0 Å². The molecule has 2 nitrogen and oxygen atoms in total. The van der Waals surface area contributed by atoms with Crippen molar-refractivity contribution in [2.45, 2.75) is 26.7 Å². The molecule has 0 saturated heterocycles. The van der Waals surface area contributed by atoms with E-state index in [-0.39, 0.29) is 37.0 Å². The van der Waals surface area contributed by atoms with E-state index in [4.69, 9.17) is 0 Å². The second kappa shape index (κ2) is 8.47. The number of rotatable bonds is 3. The van der Waals surface area contributed by atoms with Crippen LogP contribution in [-0.2, 0) is 9.53 Å². The van der Waals surface area contributed by atoms with E-state index >= 15 is 0 Å². The first kappa shape index (κ1) is 12.2. The first-order valence-electron chi connectivity index (χ1n) is 2.96. The molecule has 0 rings (SSSR count). The molecule has 9 heavy (non-hydrogen) atoms. The summed E-state index contributed by atoms with van der Waals surface area (Å²) >= 11 is 0. The van der Waals surface area contributed by atoms with Gasteiger partial charge in [0.2, 0.25) is 0 Å². The fourth-order valence-electron chi connectivity index (χ4n) is 0.437. The second-order valence-corrected chi connectivity index (χ2v) is 1.56. The molecule has 0 aliphatic rings. The maximum atomic E-state index is 10.4. The maximum absolute atomic E-state index is 10.4. The second-order valence-electron chi connectivity index (χ2n) is 1.56. The molecule has 0 aliphatic heterocycles. The molecule has 0 radical (unpaired) electrons. The fraction of sp³-hybridized carbons (Fsp3) is 0.833. The normalized spacial score (nSPS) is 7.78. The van der Waals surface area contributed by atoms with E-state index in [1.165, 1.54) is 0 Å². The van der Waals surface area contributed by atoms with E-state index < -0.39 is 0 Å². The van der Waals surface area contributed by atoms with Gasteiger partial charge in [0.25, 0.3) is 0 Å². The van der Waals surface area contributed by atoms with Crippen LogP contribution in [0.25, 0.3) is 0 Å². The van der Waals surface area contributed by atoms with Crippen LogP contribution in [0, 0.1) is 0 Å². The zero-order chi connectivity index (χ0) is 6.41. The quantitative estimate of drug-likeness (QED) is 0.351. The van der Waals surface area contributed by atoms with Crippen molar-refractivity contribution < 1.29 is 40.5 Å². The Bertz CT molecular complexity index is 70.1. The molecule has 0 spiro atoms. The Kier molecular flexibility index (Phi) is 11.5. The molecule has 0 aromatic rings. The molecule has 0 fully saturated rings. The van der Waals surface area contributed by atoms with Gasteiger partial charge in [-0.3, -0.25) is 4.79 Å². The van der Waals surface area contributed by atoms with Gasteiger partial charge in [-0.25, -0.2) is 0 Å². The van der Waals surface area contributed by atoms with Crippen LogP contribution >= 0.6 is 0 Å². The van der Waals surface area contributed by atoms with Crippen molar-refractivity contribution in [3.05, 3.63) is 0 Å². The van der Waals surface area contributed by atoms with Crippen LogP contribution in [0.1, 0.15) is 28.1 Å². The molecule has 0 aromatic carbocycles. The van der Waals surface area contributed by atoms with Crippen molar-refractivity contribution in [1.29, 1.82) is 0 Å². The molecule has 0 aromatic heterocycles. The predicted molar refractivity (Wildman–Crippen MR) is 32.7 cm³/mol. The van der Waals surface area contributed by atoms with Gasteiger partial charge in [0.05, 0.1) is 6.61 Å². The van der Waals surface area contributed by atoms with E-state index in [2.05, 4.69) is 4.74 Å². The van der Waals surface area contributed by atoms with Crippen molar-refractivity contribution >= 4 is 5.97 Å². The topological polar surface area (TPSA) is 26.3 Å². The van der Waals surface area contributed by atoms with Gasteiger partial charge in [-0.05, 0) is 13.3 Å². The van der Waals surface area contributed by atoms with Gasteiger partial charge >= 0.3 is 35.5 Å². The first-order valence-corrected chi connectivity index (χ1v) is 2.96. The summed E-state index contributed by atoms with van der Waals surface area (Å²) in [6, 6.07) is 0. The Hall–Kier alpha value is 0.470. The Morgan fingerprint density at radius 3 is 2.44 bits per heavy atom. The first-order chi connectivity index (χ1) is 3.81. The van der Waals surface area contributed by atoms with Crippen LogP contribution in [0.3, 0.4) is 0 Å². The number of carbonyl (C=O) groups excluding carboxylic acids is 1. The third-order valence-electron chi connectivity index (χ3n) is 0.759. The minimum absolute atomic E-state index is 0. The van der Waals surface area contributed by atoms with E-state index in [9.17, 15) is 4.79 Å². The molecule has 50 valence electrons. The largest absolute Gasteiger partial charge is 1.00 e. The van der Waals surface area contributed by atoms with Crippen molar-refractivity contribution in [1.82, 2.24) is 0 Å². The molecule has 0 amide bonds. The summed E-state index contributed by atoms with van der Waals surface area (Å²) in [6.07, 6.45) is 1.42. The smallest absolute Gasteiger partial charge is 1.00 e. The summed E-state index contributed by atoms with van der Waals surface area (Å²) in [7, 11) is 0. The summed E-state index contributed by atoms with van der Waals surface area (Å²) in [4.78, 5) is 10.4. The molecule has 0 unspecified atom stereocenters. The van der Waals surface area contributed by atoms with Crippen LogP contribution in [-0.4, -0.2) is 12.6 Å². The van der Waals surface area contributed by atoms with Crippen LogP contribution in [0.15, 0.2) is 0 Å². The number of ether oxygens (including phenoxy) is 1. The predicted octanol–water partition coefficient (Wildman–Crippen LogP) is -1.53. The van der Waals surface area contributed by atoms with Crippen LogP contribution in [0.5, 0.6) is 0 Å². The van der Waals surface area contributed by atoms with Gasteiger partial charge in [-0.1, -0.05) is 6.92 Å². The number of hydrogen-bond donors (Lipinski definition) is 0. The summed E-state index contributed by atoms with van der Waals surface area (Å²) in [5.41, 5.74) is 0. The standard InChI is InChI=1S/C6H12O2.Na.H/c1-3-5-6(7)8-4-2;;/h3-5H2,1-2H3;;/q;+1;-1. The molecular weight excluding hydrogens is 127 g/mol. The van der Waals surface area contributed by atoms with Gasteiger partial charge in [0, 0.05) is 6.42 Å². The number of esters is 1. The molecular formula is C6H13NaO2.